The molecule has 1 amide bonds. The standard InChI is InChI=1S/C25H21N5O2/c1-30(2)18-12-9-16-13-22(27-21(16)14-18)25(32)26-17-10-7-15(8-11-17)23-19-5-3-4-6-20(19)24(31)29-28-23/h3-14,27H,1-2H3,(H,26,32)(H,29,31). The maximum absolute atomic E-state index is 12.8. The van der Waals surface area contributed by atoms with Gasteiger partial charge < -0.3 is 15.2 Å². The van der Waals surface area contributed by atoms with E-state index < -0.39 is 0 Å². The summed E-state index contributed by atoms with van der Waals surface area (Å²) >= 11 is 0. The van der Waals surface area contributed by atoms with Crippen molar-refractivity contribution in [3.8, 4) is 11.3 Å². The Morgan fingerprint density at radius 3 is 2.44 bits per heavy atom. The van der Waals surface area contributed by atoms with Gasteiger partial charge in [0.05, 0.1) is 11.1 Å². The number of nitrogens with zero attached hydrogens (tertiary/aromatic N) is 2. The number of aromatic nitrogens is 3. The fraction of sp³-hybridized carbons (Fsp3) is 0.0800. The number of amides is 1. The summed E-state index contributed by atoms with van der Waals surface area (Å²) in [5, 5.41) is 12.0. The highest BCUT2D eigenvalue weighted by Gasteiger charge is 2.12. The van der Waals surface area contributed by atoms with Crippen LogP contribution in [0.3, 0.4) is 0 Å². The van der Waals surface area contributed by atoms with E-state index in [1.165, 1.54) is 0 Å². The van der Waals surface area contributed by atoms with Gasteiger partial charge in [-0.1, -0.05) is 36.4 Å². The lowest BCUT2D eigenvalue weighted by atomic mass is 10.0. The molecule has 7 heteroatoms. The Balaban J connectivity index is 1.39. The molecule has 5 rings (SSSR count). The molecule has 0 aliphatic rings. The minimum Gasteiger partial charge on any atom is -0.378 e. The summed E-state index contributed by atoms with van der Waals surface area (Å²) in [4.78, 5) is 30.0. The molecule has 0 fully saturated rings. The summed E-state index contributed by atoms with van der Waals surface area (Å²) in [7, 11) is 3.96. The van der Waals surface area contributed by atoms with Crippen LogP contribution in [0, 0.1) is 0 Å². The first-order valence-corrected chi connectivity index (χ1v) is 10.2. The Morgan fingerprint density at radius 1 is 0.938 bits per heavy atom. The van der Waals surface area contributed by atoms with Gasteiger partial charge in [-0.25, -0.2) is 5.10 Å². The van der Waals surface area contributed by atoms with E-state index in [0.717, 1.165) is 27.5 Å². The minimum absolute atomic E-state index is 0.215. The second kappa shape index (κ2) is 7.70. The largest absolute Gasteiger partial charge is 0.378 e. The average Bonchev–Trinajstić information content (AvgIpc) is 3.24. The molecule has 0 saturated heterocycles. The number of anilines is 2. The fourth-order valence-electron chi connectivity index (χ4n) is 3.76. The molecule has 2 aromatic heterocycles. The number of hydrogen-bond donors (Lipinski definition) is 3. The van der Waals surface area contributed by atoms with Crippen molar-refractivity contribution in [1.29, 1.82) is 0 Å². The Hall–Kier alpha value is -4.39. The van der Waals surface area contributed by atoms with Gasteiger partial charge in [0.1, 0.15) is 5.69 Å². The number of aromatic amines is 2. The Labute approximate surface area is 183 Å². The molecule has 5 aromatic rings. The van der Waals surface area contributed by atoms with Gasteiger partial charge in [0, 0.05) is 47.3 Å². The van der Waals surface area contributed by atoms with E-state index in [0.29, 0.717) is 22.5 Å². The first-order chi connectivity index (χ1) is 15.5. The first kappa shape index (κ1) is 19.6. The lowest BCUT2D eigenvalue weighted by Crippen LogP contribution is -2.12. The molecular formula is C25H21N5O2. The van der Waals surface area contributed by atoms with Crippen molar-refractivity contribution in [3.63, 3.8) is 0 Å². The molecule has 158 valence electrons. The predicted octanol–water partition coefficient (Wildman–Crippen LogP) is 4.39. The maximum atomic E-state index is 12.8. The zero-order valence-electron chi connectivity index (χ0n) is 17.6. The summed E-state index contributed by atoms with van der Waals surface area (Å²) in [6, 6.07) is 22.6. The molecule has 7 nitrogen and oxygen atoms in total. The Kier molecular flexibility index (Phi) is 4.71. The SMILES string of the molecule is CN(C)c1ccc2cc(C(=O)Nc3ccc(-c4n[nH]c(=O)c5ccccc45)cc3)[nH]c2c1. The van der Waals surface area contributed by atoms with E-state index in [1.54, 1.807) is 6.07 Å². The van der Waals surface area contributed by atoms with E-state index in [9.17, 15) is 9.59 Å². The van der Waals surface area contributed by atoms with E-state index >= 15 is 0 Å². The number of nitrogens with one attached hydrogen (secondary N) is 3. The van der Waals surface area contributed by atoms with Crippen LogP contribution < -0.4 is 15.8 Å². The van der Waals surface area contributed by atoms with Gasteiger partial charge in [0.25, 0.3) is 11.5 Å². The van der Waals surface area contributed by atoms with Crippen molar-refractivity contribution in [1.82, 2.24) is 15.2 Å². The number of fused-ring (bicyclic) bond motifs is 2. The fourth-order valence-corrected chi connectivity index (χ4v) is 3.76. The lowest BCUT2D eigenvalue weighted by Gasteiger charge is -2.11. The lowest BCUT2D eigenvalue weighted by molar-refractivity contribution is 0.102. The molecule has 0 aliphatic heterocycles. The molecule has 0 spiro atoms. The van der Waals surface area contributed by atoms with Crippen LogP contribution >= 0.6 is 0 Å². The van der Waals surface area contributed by atoms with Crippen LogP contribution in [0.5, 0.6) is 0 Å². The van der Waals surface area contributed by atoms with Gasteiger partial charge >= 0.3 is 0 Å². The van der Waals surface area contributed by atoms with Crippen molar-refractivity contribution in [3.05, 3.63) is 88.8 Å². The highest BCUT2D eigenvalue weighted by atomic mass is 16.2. The van der Waals surface area contributed by atoms with E-state index in [2.05, 4.69) is 20.5 Å². The number of H-pyrrole nitrogens is 2. The summed E-state index contributed by atoms with van der Waals surface area (Å²) in [6.45, 7) is 0. The van der Waals surface area contributed by atoms with Crippen molar-refractivity contribution in [2.45, 2.75) is 0 Å². The molecular weight excluding hydrogens is 402 g/mol. The van der Waals surface area contributed by atoms with Crippen molar-refractivity contribution < 1.29 is 4.79 Å². The molecule has 3 N–H and O–H groups in total. The monoisotopic (exact) mass is 423 g/mol. The third kappa shape index (κ3) is 3.50. The van der Waals surface area contributed by atoms with Gasteiger partial charge in [0.15, 0.2) is 0 Å². The molecule has 32 heavy (non-hydrogen) atoms. The molecule has 0 unspecified atom stereocenters. The predicted molar refractivity (Wildman–Crippen MR) is 128 cm³/mol. The maximum Gasteiger partial charge on any atom is 0.272 e. The number of hydrogen-bond acceptors (Lipinski definition) is 4. The van der Waals surface area contributed by atoms with Crippen LogP contribution in [0.25, 0.3) is 32.9 Å². The van der Waals surface area contributed by atoms with Crippen LogP contribution in [0.15, 0.2) is 77.6 Å². The minimum atomic E-state index is -0.218. The van der Waals surface area contributed by atoms with Gasteiger partial charge in [-0.3, -0.25) is 9.59 Å². The van der Waals surface area contributed by atoms with Crippen LogP contribution in [0.2, 0.25) is 0 Å². The third-order valence-electron chi connectivity index (χ3n) is 5.48. The summed E-state index contributed by atoms with van der Waals surface area (Å²) in [5.74, 6) is -0.215. The normalized spacial score (nSPS) is 11.1. The molecule has 0 atom stereocenters. The van der Waals surface area contributed by atoms with Gasteiger partial charge in [-0.05, 0) is 36.4 Å². The zero-order chi connectivity index (χ0) is 22.2. The molecule has 3 aromatic carbocycles. The Morgan fingerprint density at radius 2 is 1.69 bits per heavy atom. The van der Waals surface area contributed by atoms with Crippen molar-refractivity contribution >= 4 is 39.0 Å². The van der Waals surface area contributed by atoms with Crippen LogP contribution in [0.1, 0.15) is 10.5 Å². The van der Waals surface area contributed by atoms with E-state index in [-0.39, 0.29) is 11.5 Å². The first-order valence-electron chi connectivity index (χ1n) is 10.2. The summed E-state index contributed by atoms with van der Waals surface area (Å²) in [5.41, 5.74) is 4.44. The smallest absolute Gasteiger partial charge is 0.272 e. The molecule has 2 heterocycles. The molecule has 0 radical (unpaired) electrons. The number of benzene rings is 3. The van der Waals surface area contributed by atoms with Crippen LogP contribution in [-0.4, -0.2) is 35.2 Å². The Bertz CT molecular complexity index is 1510. The highest BCUT2D eigenvalue weighted by molar-refractivity contribution is 6.06. The van der Waals surface area contributed by atoms with E-state index in [1.807, 2.05) is 85.7 Å². The average molecular weight is 423 g/mol. The molecule has 0 saturated carbocycles. The second-order valence-electron chi connectivity index (χ2n) is 7.83. The number of carbonyl (C=O) groups is 1. The van der Waals surface area contributed by atoms with Crippen molar-refractivity contribution in [2.75, 3.05) is 24.3 Å². The zero-order valence-corrected chi connectivity index (χ0v) is 17.6. The van der Waals surface area contributed by atoms with Crippen LogP contribution in [-0.2, 0) is 0 Å². The van der Waals surface area contributed by atoms with Gasteiger partial charge in [-0.2, -0.15) is 5.10 Å². The van der Waals surface area contributed by atoms with Crippen molar-refractivity contribution in [2.24, 2.45) is 0 Å². The van der Waals surface area contributed by atoms with Gasteiger partial charge in [0.2, 0.25) is 0 Å². The number of carbonyl (C=O) groups excluding carboxylic acids is 1. The third-order valence-corrected chi connectivity index (χ3v) is 5.48. The number of rotatable bonds is 4. The van der Waals surface area contributed by atoms with Crippen LogP contribution in [0.4, 0.5) is 11.4 Å². The quantitative estimate of drug-likeness (QED) is 0.400. The second-order valence-corrected chi connectivity index (χ2v) is 7.83. The molecule has 0 aliphatic carbocycles. The van der Waals surface area contributed by atoms with E-state index in [4.69, 9.17) is 0 Å². The topological polar surface area (TPSA) is 93.9 Å². The molecule has 0 bridgehead atoms. The summed E-state index contributed by atoms with van der Waals surface area (Å²) < 4.78 is 0. The summed E-state index contributed by atoms with van der Waals surface area (Å²) in [6.07, 6.45) is 0. The highest BCUT2D eigenvalue weighted by Crippen LogP contribution is 2.26. The van der Waals surface area contributed by atoms with Gasteiger partial charge in [-0.15, -0.1) is 0 Å².